The fourth-order valence-corrected chi connectivity index (χ4v) is 6.20. The third kappa shape index (κ3) is 4.55. The number of rotatable bonds is 8. The highest BCUT2D eigenvalue weighted by molar-refractivity contribution is 7.86. The van der Waals surface area contributed by atoms with E-state index in [4.69, 9.17) is 5.73 Å². The van der Waals surface area contributed by atoms with Crippen molar-refractivity contribution in [2.45, 2.75) is 24.0 Å². The van der Waals surface area contributed by atoms with Crippen molar-refractivity contribution in [3.8, 4) is 0 Å². The second-order valence-electron chi connectivity index (χ2n) is 8.59. The minimum atomic E-state index is -4.05. The molecule has 6 N–H and O–H groups in total. The maximum atomic E-state index is 13.7. The van der Waals surface area contributed by atoms with Gasteiger partial charge in [-0.15, -0.1) is 0 Å². The smallest absolute Gasteiger partial charge is 0.480 e. The summed E-state index contributed by atoms with van der Waals surface area (Å²) in [6, 6.07) is 15.1. The molecule has 0 aromatic heterocycles. The predicted molar refractivity (Wildman–Crippen MR) is 123 cm³/mol. The number of hydrogen-bond acceptors (Lipinski definition) is 7. The van der Waals surface area contributed by atoms with E-state index >= 15 is 0 Å². The van der Waals surface area contributed by atoms with Crippen molar-refractivity contribution in [3.63, 3.8) is 0 Å². The molecule has 33 heavy (non-hydrogen) atoms. The Morgan fingerprint density at radius 3 is 2.45 bits per heavy atom. The Hall–Kier alpha value is -2.32. The lowest BCUT2D eigenvalue weighted by atomic mass is 9.76. The first-order valence-electron chi connectivity index (χ1n) is 10.6. The first-order chi connectivity index (χ1) is 15.6. The minimum absolute atomic E-state index is 0.137. The molecular formula is C21H27BN4O6S. The highest BCUT2D eigenvalue weighted by Crippen LogP contribution is 2.37. The monoisotopic (exact) mass is 474 g/mol. The molecule has 10 nitrogen and oxygen atoms in total. The highest BCUT2D eigenvalue weighted by Gasteiger charge is 2.55. The number of aliphatic carboxylic acids is 1. The van der Waals surface area contributed by atoms with Crippen LogP contribution in [0.15, 0.2) is 54.6 Å². The van der Waals surface area contributed by atoms with Crippen molar-refractivity contribution >= 4 is 28.8 Å². The molecule has 0 spiro atoms. The quantitative estimate of drug-likeness (QED) is 0.283. The van der Waals surface area contributed by atoms with E-state index in [1.54, 1.807) is 12.1 Å². The van der Waals surface area contributed by atoms with Crippen molar-refractivity contribution in [3.05, 3.63) is 65.7 Å². The topological polar surface area (TPSA) is 156 Å². The van der Waals surface area contributed by atoms with Gasteiger partial charge < -0.3 is 26.2 Å². The van der Waals surface area contributed by atoms with Gasteiger partial charge in [-0.3, -0.25) is 4.79 Å². The molecular weight excluding hydrogens is 447 g/mol. The Labute approximate surface area is 193 Å². The number of nitrogens with one attached hydrogen (secondary N) is 1. The molecule has 2 heterocycles. The summed E-state index contributed by atoms with van der Waals surface area (Å²) in [5.41, 5.74) is 5.86. The lowest BCUT2D eigenvalue weighted by molar-refractivity contribution is -0.143. The third-order valence-corrected chi connectivity index (χ3v) is 8.38. The van der Waals surface area contributed by atoms with Crippen LogP contribution in [0, 0.1) is 0 Å². The molecule has 2 aromatic rings. The molecule has 176 valence electrons. The van der Waals surface area contributed by atoms with Crippen molar-refractivity contribution in [2.24, 2.45) is 5.73 Å². The number of nitrogens with zero attached hydrogens (tertiary/aromatic N) is 2. The third-order valence-electron chi connectivity index (χ3n) is 6.43. The van der Waals surface area contributed by atoms with Crippen LogP contribution < -0.4 is 16.5 Å². The van der Waals surface area contributed by atoms with Crippen LogP contribution in [-0.2, 0) is 21.5 Å². The molecule has 2 aliphatic heterocycles. The summed E-state index contributed by atoms with van der Waals surface area (Å²) in [6.07, 6.45) is 0. The predicted octanol–water partition coefficient (Wildman–Crippen LogP) is -1.73. The standard InChI is InChI=1S/C21H27BN4O6S/c23-21(20(27)28)14-25(13-19(21)16-7-4-8-17(9-16)22(29)30)33(31,32)26(18-10-24-11-18)12-15-5-2-1-3-6-15/h1-9,18-19,24,29-30H,10-14,23H2,(H,27,28)/t19-,21+/m1/s1. The van der Waals surface area contributed by atoms with Gasteiger partial charge in [-0.1, -0.05) is 54.6 Å². The molecule has 2 aliphatic rings. The van der Waals surface area contributed by atoms with E-state index in [0.29, 0.717) is 18.7 Å². The van der Waals surface area contributed by atoms with Gasteiger partial charge in [0, 0.05) is 38.6 Å². The van der Waals surface area contributed by atoms with Crippen LogP contribution in [-0.4, -0.2) is 83.0 Å². The first-order valence-corrected chi connectivity index (χ1v) is 12.0. The summed E-state index contributed by atoms with van der Waals surface area (Å²) in [7, 11) is -5.79. The fourth-order valence-electron chi connectivity index (χ4n) is 4.35. The Morgan fingerprint density at radius 2 is 1.88 bits per heavy atom. The summed E-state index contributed by atoms with van der Waals surface area (Å²) in [6.45, 7) is 0.640. The summed E-state index contributed by atoms with van der Waals surface area (Å²) in [4.78, 5) is 12.2. The second kappa shape index (κ2) is 9.14. The molecule has 0 bridgehead atoms. The van der Waals surface area contributed by atoms with Gasteiger partial charge in [-0.05, 0) is 16.6 Å². The van der Waals surface area contributed by atoms with E-state index in [0.717, 1.165) is 9.87 Å². The van der Waals surface area contributed by atoms with Gasteiger partial charge in [0.15, 0.2) is 0 Å². The largest absolute Gasteiger partial charge is 0.488 e. The van der Waals surface area contributed by atoms with Crippen LogP contribution >= 0.6 is 0 Å². The molecule has 0 saturated carbocycles. The zero-order chi connectivity index (χ0) is 23.8. The van der Waals surface area contributed by atoms with Gasteiger partial charge in [-0.2, -0.15) is 17.0 Å². The maximum absolute atomic E-state index is 13.7. The Bertz CT molecular complexity index is 1110. The fraction of sp³-hybridized carbons (Fsp3) is 0.381. The molecule has 2 atom stereocenters. The van der Waals surface area contributed by atoms with Crippen molar-refractivity contribution < 1.29 is 28.4 Å². The lowest BCUT2D eigenvalue weighted by Crippen LogP contribution is -2.61. The zero-order valence-electron chi connectivity index (χ0n) is 17.9. The van der Waals surface area contributed by atoms with Gasteiger partial charge in [0.1, 0.15) is 5.54 Å². The summed E-state index contributed by atoms with van der Waals surface area (Å²) in [5, 5.41) is 32.0. The van der Waals surface area contributed by atoms with Gasteiger partial charge in [-0.25, -0.2) is 0 Å². The number of carboxylic acids is 1. The van der Waals surface area contributed by atoms with Crippen LogP contribution in [0.1, 0.15) is 17.0 Å². The average Bonchev–Trinajstić information content (AvgIpc) is 3.13. The number of carboxylic acid groups (broad SMARTS) is 1. The lowest BCUT2D eigenvalue weighted by Gasteiger charge is -2.39. The van der Waals surface area contributed by atoms with E-state index in [9.17, 15) is 28.4 Å². The number of nitrogens with two attached hydrogens (primary N) is 1. The SMILES string of the molecule is N[C@@]1(C(=O)O)CN(S(=O)(=O)N(Cc2ccccc2)C2CNC2)C[C@@H]1c1cccc(B(O)O)c1. The maximum Gasteiger partial charge on any atom is 0.488 e. The summed E-state index contributed by atoms with van der Waals surface area (Å²) < 4.78 is 30.0. The van der Waals surface area contributed by atoms with Crippen molar-refractivity contribution in [1.29, 1.82) is 0 Å². The van der Waals surface area contributed by atoms with Gasteiger partial charge in [0.2, 0.25) is 0 Å². The average molecular weight is 474 g/mol. The van der Waals surface area contributed by atoms with Gasteiger partial charge in [0.25, 0.3) is 10.2 Å². The van der Waals surface area contributed by atoms with Crippen LogP contribution in [0.3, 0.4) is 0 Å². The minimum Gasteiger partial charge on any atom is -0.480 e. The van der Waals surface area contributed by atoms with E-state index in [2.05, 4.69) is 5.32 Å². The number of benzene rings is 2. The van der Waals surface area contributed by atoms with Crippen LogP contribution in [0.2, 0.25) is 0 Å². The van der Waals surface area contributed by atoms with Crippen molar-refractivity contribution in [1.82, 2.24) is 13.9 Å². The number of hydrogen-bond donors (Lipinski definition) is 5. The summed E-state index contributed by atoms with van der Waals surface area (Å²) >= 11 is 0. The van der Waals surface area contributed by atoms with Crippen LogP contribution in [0.5, 0.6) is 0 Å². The molecule has 2 aromatic carbocycles. The molecule has 0 radical (unpaired) electrons. The Balaban J connectivity index is 1.67. The molecule has 4 rings (SSSR count). The van der Waals surface area contributed by atoms with E-state index in [1.807, 2.05) is 30.3 Å². The van der Waals surface area contributed by atoms with Crippen LogP contribution in [0.4, 0.5) is 0 Å². The van der Waals surface area contributed by atoms with Crippen molar-refractivity contribution in [2.75, 3.05) is 26.2 Å². The van der Waals surface area contributed by atoms with Crippen LogP contribution in [0.25, 0.3) is 0 Å². The summed E-state index contributed by atoms with van der Waals surface area (Å²) in [5.74, 6) is -2.19. The Morgan fingerprint density at radius 1 is 1.18 bits per heavy atom. The zero-order valence-corrected chi connectivity index (χ0v) is 18.7. The molecule has 0 unspecified atom stereocenters. The molecule has 2 fully saturated rings. The Kier molecular flexibility index (Phi) is 6.60. The molecule has 12 heteroatoms. The highest BCUT2D eigenvalue weighted by atomic mass is 32.2. The first kappa shape index (κ1) is 23.8. The van der Waals surface area contributed by atoms with E-state index in [1.165, 1.54) is 16.4 Å². The van der Waals surface area contributed by atoms with Gasteiger partial charge >= 0.3 is 13.1 Å². The second-order valence-corrected chi connectivity index (χ2v) is 10.5. The molecule has 0 amide bonds. The van der Waals surface area contributed by atoms with E-state index < -0.39 is 41.3 Å². The molecule has 0 aliphatic carbocycles. The number of carbonyl (C=O) groups is 1. The van der Waals surface area contributed by atoms with Gasteiger partial charge in [0.05, 0.1) is 6.04 Å². The van der Waals surface area contributed by atoms with E-state index in [-0.39, 0.29) is 24.6 Å². The normalized spacial score (nSPS) is 24.1. The molecule has 2 saturated heterocycles.